The summed E-state index contributed by atoms with van der Waals surface area (Å²) >= 11 is 0. The van der Waals surface area contributed by atoms with E-state index < -0.39 is 0 Å². The van der Waals surface area contributed by atoms with Gasteiger partial charge in [0.05, 0.1) is 12.7 Å². The second-order valence-corrected chi connectivity index (χ2v) is 9.68. The lowest BCUT2D eigenvalue weighted by molar-refractivity contribution is 0.0187. The van der Waals surface area contributed by atoms with Gasteiger partial charge in [-0.15, -0.1) is 0 Å². The first-order valence-corrected chi connectivity index (χ1v) is 12.0. The van der Waals surface area contributed by atoms with Gasteiger partial charge in [-0.2, -0.15) is 0 Å². The normalized spacial score (nSPS) is 39.3. The molecule has 0 atom stereocenters. The third kappa shape index (κ3) is 5.85. The van der Waals surface area contributed by atoms with Gasteiger partial charge in [0.2, 0.25) is 0 Å². The van der Waals surface area contributed by atoms with Crippen LogP contribution in [0.5, 0.6) is 0 Å². The molecule has 0 unspecified atom stereocenters. The summed E-state index contributed by atoms with van der Waals surface area (Å²) in [5.41, 5.74) is 0. The average molecular weight is 361 g/mol. The van der Waals surface area contributed by atoms with Crippen molar-refractivity contribution in [1.82, 2.24) is 0 Å². The van der Waals surface area contributed by atoms with Gasteiger partial charge in [-0.25, -0.2) is 0 Å². The van der Waals surface area contributed by atoms with E-state index in [1.807, 2.05) is 0 Å². The number of hydrogen-bond acceptors (Lipinski definition) is 1. The van der Waals surface area contributed by atoms with Gasteiger partial charge in [0, 0.05) is 0 Å². The van der Waals surface area contributed by atoms with E-state index in [4.69, 9.17) is 4.74 Å². The first-order valence-electron chi connectivity index (χ1n) is 12.0. The number of rotatable bonds is 7. The van der Waals surface area contributed by atoms with E-state index in [9.17, 15) is 0 Å². The SMILES string of the molecule is CC=CCO[C@H]1CC[C@H]([C@H]2CC[C@H]([C@H]3CC[C@H](CCC)CC3)CC2)CC1. The highest BCUT2D eigenvalue weighted by atomic mass is 16.5. The van der Waals surface area contributed by atoms with Crippen molar-refractivity contribution in [3.8, 4) is 0 Å². The fourth-order valence-electron chi connectivity index (χ4n) is 6.46. The maximum Gasteiger partial charge on any atom is 0.0651 e. The zero-order valence-electron chi connectivity index (χ0n) is 17.6. The molecule has 3 rings (SSSR count). The third-order valence-corrected chi connectivity index (χ3v) is 8.12. The molecule has 0 heterocycles. The molecule has 0 spiro atoms. The molecule has 3 aliphatic carbocycles. The first-order chi connectivity index (χ1) is 12.8. The molecule has 1 nitrogen and oxygen atoms in total. The van der Waals surface area contributed by atoms with E-state index in [2.05, 4.69) is 26.0 Å². The zero-order valence-corrected chi connectivity index (χ0v) is 17.6. The monoisotopic (exact) mass is 360 g/mol. The van der Waals surface area contributed by atoms with Crippen molar-refractivity contribution in [2.75, 3.05) is 6.61 Å². The Balaban J connectivity index is 1.33. The Morgan fingerprint density at radius 3 is 1.62 bits per heavy atom. The van der Waals surface area contributed by atoms with Crippen molar-refractivity contribution >= 4 is 0 Å². The van der Waals surface area contributed by atoms with Crippen LogP contribution >= 0.6 is 0 Å². The summed E-state index contributed by atoms with van der Waals surface area (Å²) in [4.78, 5) is 0. The topological polar surface area (TPSA) is 9.23 Å². The van der Waals surface area contributed by atoms with Gasteiger partial charge in [0.25, 0.3) is 0 Å². The van der Waals surface area contributed by atoms with Gasteiger partial charge in [-0.3, -0.25) is 0 Å². The highest BCUT2D eigenvalue weighted by molar-refractivity contribution is 4.86. The van der Waals surface area contributed by atoms with E-state index >= 15 is 0 Å². The van der Waals surface area contributed by atoms with Crippen LogP contribution in [-0.2, 0) is 4.74 Å². The molecule has 0 saturated heterocycles. The van der Waals surface area contributed by atoms with Crippen LogP contribution in [0.25, 0.3) is 0 Å². The lowest BCUT2D eigenvalue weighted by Gasteiger charge is -2.41. The molecule has 0 aromatic rings. The maximum absolute atomic E-state index is 5.99. The van der Waals surface area contributed by atoms with Crippen LogP contribution in [0.1, 0.15) is 104 Å². The smallest absolute Gasteiger partial charge is 0.0651 e. The molecule has 3 fully saturated rings. The lowest BCUT2D eigenvalue weighted by atomic mass is 9.65. The van der Waals surface area contributed by atoms with Gasteiger partial charge in [-0.05, 0) is 101 Å². The van der Waals surface area contributed by atoms with Crippen LogP contribution < -0.4 is 0 Å². The Morgan fingerprint density at radius 1 is 0.692 bits per heavy atom. The lowest BCUT2D eigenvalue weighted by Crippen LogP contribution is -2.31. The van der Waals surface area contributed by atoms with Gasteiger partial charge in [0.15, 0.2) is 0 Å². The predicted molar refractivity (Wildman–Crippen MR) is 112 cm³/mol. The van der Waals surface area contributed by atoms with E-state index in [1.54, 1.807) is 25.7 Å². The average Bonchev–Trinajstić information content (AvgIpc) is 2.70. The molecule has 0 aromatic heterocycles. The minimum absolute atomic E-state index is 0.539. The van der Waals surface area contributed by atoms with E-state index in [0.29, 0.717) is 6.10 Å². The van der Waals surface area contributed by atoms with Crippen molar-refractivity contribution in [3.05, 3.63) is 12.2 Å². The summed E-state index contributed by atoms with van der Waals surface area (Å²) in [5.74, 6) is 5.28. The van der Waals surface area contributed by atoms with Crippen molar-refractivity contribution in [2.45, 2.75) is 110 Å². The van der Waals surface area contributed by atoms with E-state index in [1.165, 1.54) is 64.2 Å². The summed E-state index contributed by atoms with van der Waals surface area (Å²) in [6.07, 6.45) is 25.5. The summed E-state index contributed by atoms with van der Waals surface area (Å²) < 4.78 is 5.99. The number of ether oxygens (including phenoxy) is 1. The molecule has 0 amide bonds. The molecule has 26 heavy (non-hydrogen) atoms. The van der Waals surface area contributed by atoms with Crippen LogP contribution in [0.15, 0.2) is 12.2 Å². The Morgan fingerprint density at radius 2 is 1.15 bits per heavy atom. The van der Waals surface area contributed by atoms with Gasteiger partial charge >= 0.3 is 0 Å². The standard InChI is InChI=1S/C25H44O/c1-3-5-19-26-25-17-15-24(16-18-25)23-13-11-22(12-14-23)21-9-7-20(6-4-2)8-10-21/h3,5,20-25H,4,6-19H2,1-2H3/t20-,21-,22-,23-,24-,25-. The Labute approximate surface area is 163 Å². The first kappa shape index (κ1) is 20.4. The molecule has 3 aliphatic rings. The van der Waals surface area contributed by atoms with E-state index in [-0.39, 0.29) is 0 Å². The summed E-state index contributed by atoms with van der Waals surface area (Å²) in [6.45, 7) is 5.25. The Hall–Kier alpha value is -0.300. The Bertz CT molecular complexity index is 390. The molecule has 0 aliphatic heterocycles. The molecule has 3 saturated carbocycles. The predicted octanol–water partition coefficient (Wildman–Crippen LogP) is 7.55. The van der Waals surface area contributed by atoms with Crippen LogP contribution in [0, 0.1) is 29.6 Å². The van der Waals surface area contributed by atoms with Crippen LogP contribution in [-0.4, -0.2) is 12.7 Å². The van der Waals surface area contributed by atoms with Crippen LogP contribution in [0.2, 0.25) is 0 Å². The van der Waals surface area contributed by atoms with E-state index in [0.717, 1.165) is 36.2 Å². The molecule has 1 heteroatoms. The quantitative estimate of drug-likeness (QED) is 0.426. The highest BCUT2D eigenvalue weighted by Gasteiger charge is 2.34. The fourth-order valence-corrected chi connectivity index (χ4v) is 6.46. The van der Waals surface area contributed by atoms with Gasteiger partial charge < -0.3 is 4.74 Å². The number of hydrogen-bond donors (Lipinski definition) is 0. The maximum atomic E-state index is 5.99. The molecule has 0 aromatic carbocycles. The summed E-state index contributed by atoms with van der Waals surface area (Å²) in [5, 5.41) is 0. The van der Waals surface area contributed by atoms with Crippen LogP contribution in [0.3, 0.4) is 0 Å². The van der Waals surface area contributed by atoms with Crippen molar-refractivity contribution in [1.29, 1.82) is 0 Å². The van der Waals surface area contributed by atoms with Crippen molar-refractivity contribution in [3.63, 3.8) is 0 Å². The van der Waals surface area contributed by atoms with Crippen LogP contribution in [0.4, 0.5) is 0 Å². The minimum Gasteiger partial charge on any atom is -0.374 e. The zero-order chi connectivity index (χ0) is 18.2. The molecular weight excluding hydrogens is 316 g/mol. The third-order valence-electron chi connectivity index (χ3n) is 8.12. The largest absolute Gasteiger partial charge is 0.374 e. The summed E-state index contributed by atoms with van der Waals surface area (Å²) in [6, 6.07) is 0. The highest BCUT2D eigenvalue weighted by Crippen LogP contribution is 2.45. The Kier molecular flexibility index (Phi) is 8.56. The second-order valence-electron chi connectivity index (χ2n) is 9.68. The molecule has 150 valence electrons. The minimum atomic E-state index is 0.539. The second kappa shape index (κ2) is 10.9. The van der Waals surface area contributed by atoms with Crippen molar-refractivity contribution in [2.24, 2.45) is 29.6 Å². The number of allylic oxidation sites excluding steroid dienone is 1. The molecule has 0 radical (unpaired) electrons. The molecule has 0 bridgehead atoms. The molecule has 0 N–H and O–H groups in total. The molecular formula is C25H44O. The summed E-state index contributed by atoms with van der Waals surface area (Å²) in [7, 11) is 0. The van der Waals surface area contributed by atoms with Gasteiger partial charge in [0.1, 0.15) is 0 Å². The fraction of sp³-hybridized carbons (Fsp3) is 0.920. The van der Waals surface area contributed by atoms with Crippen molar-refractivity contribution < 1.29 is 4.74 Å². The van der Waals surface area contributed by atoms with Gasteiger partial charge in [-0.1, -0.05) is 44.8 Å².